The van der Waals surface area contributed by atoms with E-state index < -0.39 is 0 Å². The van der Waals surface area contributed by atoms with Crippen LogP contribution in [0, 0.1) is 6.92 Å². The van der Waals surface area contributed by atoms with Crippen LogP contribution in [-0.4, -0.2) is 4.98 Å². The Labute approximate surface area is 51.3 Å². The van der Waals surface area contributed by atoms with E-state index in [0.717, 1.165) is 5.69 Å². The summed E-state index contributed by atoms with van der Waals surface area (Å²) in [5.74, 6) is 0. The molecule has 0 N–H and O–H groups in total. The Kier molecular flexibility index (Phi) is 1.59. The Morgan fingerprint density at radius 1 is 1.62 bits per heavy atom. The van der Waals surface area contributed by atoms with E-state index in [4.69, 9.17) is 0 Å². The van der Waals surface area contributed by atoms with Crippen molar-refractivity contribution in [2.24, 2.45) is 0 Å². The van der Waals surface area contributed by atoms with Crippen molar-refractivity contribution < 1.29 is 0 Å². The molecule has 1 unspecified atom stereocenters. The molecule has 0 radical (unpaired) electrons. The zero-order valence-corrected chi connectivity index (χ0v) is 5.91. The molecule has 1 atom stereocenters. The van der Waals surface area contributed by atoms with E-state index in [1.165, 1.54) is 5.30 Å². The molecular formula is C6H8NP. The third-order valence-electron chi connectivity index (χ3n) is 1.05. The molecule has 0 spiro atoms. The van der Waals surface area contributed by atoms with Gasteiger partial charge in [-0.3, -0.25) is 4.98 Å². The molecule has 1 rings (SSSR count). The Balaban J connectivity index is 3.13. The van der Waals surface area contributed by atoms with Crippen molar-refractivity contribution in [3.63, 3.8) is 0 Å². The first-order valence-corrected chi connectivity index (χ1v) is 3.05. The predicted octanol–water partition coefficient (Wildman–Crippen LogP) is 0.890. The van der Waals surface area contributed by atoms with Crippen LogP contribution in [0.25, 0.3) is 0 Å². The number of nitrogens with zero attached hydrogens (tertiary/aromatic N) is 1. The Morgan fingerprint density at radius 3 is 2.75 bits per heavy atom. The van der Waals surface area contributed by atoms with Gasteiger partial charge in [-0.25, -0.2) is 0 Å². The summed E-state index contributed by atoms with van der Waals surface area (Å²) in [5.41, 5.74) is 1.08. The van der Waals surface area contributed by atoms with Gasteiger partial charge in [0.2, 0.25) is 0 Å². The minimum Gasteiger partial charge on any atom is -0.261 e. The minimum atomic E-state index is 1.08. The first-order valence-electron chi connectivity index (χ1n) is 2.48. The molecule has 2 heteroatoms. The molecule has 0 amide bonds. The van der Waals surface area contributed by atoms with Gasteiger partial charge in [-0.15, -0.1) is 9.24 Å². The number of aryl methyl sites for hydroxylation is 1. The summed E-state index contributed by atoms with van der Waals surface area (Å²) >= 11 is 0. The van der Waals surface area contributed by atoms with E-state index in [1.54, 1.807) is 6.20 Å². The van der Waals surface area contributed by atoms with Crippen LogP contribution in [0.5, 0.6) is 0 Å². The van der Waals surface area contributed by atoms with Crippen molar-refractivity contribution in [2.75, 3.05) is 0 Å². The molecule has 0 aliphatic heterocycles. The Bertz CT molecular complexity index is 165. The van der Waals surface area contributed by atoms with Gasteiger partial charge in [-0.2, -0.15) is 0 Å². The highest BCUT2D eigenvalue weighted by molar-refractivity contribution is 7.27. The first kappa shape index (κ1) is 5.71. The van der Waals surface area contributed by atoms with Gasteiger partial charge in [0.05, 0.1) is 0 Å². The lowest BCUT2D eigenvalue weighted by Gasteiger charge is -1.92. The van der Waals surface area contributed by atoms with Gasteiger partial charge in [0, 0.05) is 11.9 Å². The molecule has 1 aromatic rings. The maximum atomic E-state index is 4.06. The molecule has 1 aromatic heterocycles. The van der Waals surface area contributed by atoms with Crippen LogP contribution in [-0.2, 0) is 0 Å². The molecule has 0 aromatic carbocycles. The van der Waals surface area contributed by atoms with Gasteiger partial charge in [0.15, 0.2) is 0 Å². The van der Waals surface area contributed by atoms with E-state index in [9.17, 15) is 0 Å². The summed E-state index contributed by atoms with van der Waals surface area (Å²) in [7, 11) is 2.62. The molecular weight excluding hydrogens is 117 g/mol. The molecule has 0 aliphatic rings. The normalized spacial score (nSPS) is 9.25. The molecule has 0 saturated heterocycles. The third kappa shape index (κ3) is 1.05. The summed E-state index contributed by atoms with van der Waals surface area (Å²) in [5, 5.41) is 1.17. The SMILES string of the molecule is Cc1ncccc1P. The fourth-order valence-corrected chi connectivity index (χ4v) is 0.682. The summed E-state index contributed by atoms with van der Waals surface area (Å²) in [6.07, 6.45) is 1.79. The highest BCUT2D eigenvalue weighted by atomic mass is 31.0. The Morgan fingerprint density at radius 2 is 2.38 bits per heavy atom. The van der Waals surface area contributed by atoms with Gasteiger partial charge < -0.3 is 0 Å². The molecule has 0 saturated carbocycles. The number of hydrogen-bond donors (Lipinski definition) is 0. The van der Waals surface area contributed by atoms with Gasteiger partial charge in [-0.1, -0.05) is 6.07 Å². The molecule has 1 heterocycles. The lowest BCUT2D eigenvalue weighted by atomic mass is 10.4. The summed E-state index contributed by atoms with van der Waals surface area (Å²) < 4.78 is 0. The van der Waals surface area contributed by atoms with Crippen molar-refractivity contribution >= 4 is 14.5 Å². The molecule has 8 heavy (non-hydrogen) atoms. The predicted molar refractivity (Wildman–Crippen MR) is 38.3 cm³/mol. The average Bonchev–Trinajstić information content (AvgIpc) is 1.77. The van der Waals surface area contributed by atoms with Crippen LogP contribution in [0.3, 0.4) is 0 Å². The largest absolute Gasteiger partial charge is 0.261 e. The van der Waals surface area contributed by atoms with Crippen LogP contribution >= 0.6 is 9.24 Å². The van der Waals surface area contributed by atoms with Crippen LogP contribution in [0.2, 0.25) is 0 Å². The second kappa shape index (κ2) is 2.23. The summed E-state index contributed by atoms with van der Waals surface area (Å²) in [6, 6.07) is 3.95. The van der Waals surface area contributed by atoms with Crippen LogP contribution in [0.4, 0.5) is 0 Å². The highest BCUT2D eigenvalue weighted by Gasteiger charge is 1.85. The van der Waals surface area contributed by atoms with E-state index in [1.807, 2.05) is 19.1 Å². The van der Waals surface area contributed by atoms with Crippen molar-refractivity contribution in [2.45, 2.75) is 6.92 Å². The van der Waals surface area contributed by atoms with Gasteiger partial charge >= 0.3 is 0 Å². The van der Waals surface area contributed by atoms with Gasteiger partial charge in [-0.05, 0) is 18.3 Å². The minimum absolute atomic E-state index is 1.08. The fraction of sp³-hybridized carbons (Fsp3) is 0.167. The lowest BCUT2D eigenvalue weighted by Crippen LogP contribution is -1.96. The fourth-order valence-electron chi connectivity index (χ4n) is 0.497. The van der Waals surface area contributed by atoms with Gasteiger partial charge in [0.25, 0.3) is 0 Å². The quantitative estimate of drug-likeness (QED) is 0.469. The van der Waals surface area contributed by atoms with Crippen LogP contribution in [0.15, 0.2) is 18.3 Å². The van der Waals surface area contributed by atoms with E-state index >= 15 is 0 Å². The number of pyridine rings is 1. The highest BCUT2D eigenvalue weighted by Crippen LogP contribution is 1.91. The molecule has 42 valence electrons. The summed E-state index contributed by atoms with van der Waals surface area (Å²) in [6.45, 7) is 1.99. The van der Waals surface area contributed by atoms with E-state index in [0.29, 0.717) is 0 Å². The third-order valence-corrected chi connectivity index (χ3v) is 1.66. The molecule has 0 fully saturated rings. The molecule has 0 aliphatic carbocycles. The van der Waals surface area contributed by atoms with Crippen molar-refractivity contribution in [1.82, 2.24) is 4.98 Å². The second-order valence-electron chi connectivity index (χ2n) is 1.68. The standard InChI is InChI=1S/C6H8NP/c1-5-6(8)3-2-4-7-5/h2-4H,8H2,1H3. The second-order valence-corrected chi connectivity index (χ2v) is 2.30. The van der Waals surface area contributed by atoms with Crippen molar-refractivity contribution in [3.05, 3.63) is 24.0 Å². The first-order chi connectivity index (χ1) is 3.80. The van der Waals surface area contributed by atoms with E-state index in [2.05, 4.69) is 14.2 Å². The monoisotopic (exact) mass is 125 g/mol. The van der Waals surface area contributed by atoms with Crippen LogP contribution < -0.4 is 5.30 Å². The van der Waals surface area contributed by atoms with Gasteiger partial charge in [0.1, 0.15) is 0 Å². The zero-order valence-electron chi connectivity index (χ0n) is 4.76. The maximum Gasteiger partial charge on any atom is 0.0443 e. The van der Waals surface area contributed by atoms with Crippen molar-refractivity contribution in [3.8, 4) is 0 Å². The number of rotatable bonds is 0. The lowest BCUT2D eigenvalue weighted by molar-refractivity contribution is 1.23. The summed E-state index contributed by atoms with van der Waals surface area (Å²) in [4.78, 5) is 4.06. The average molecular weight is 125 g/mol. The van der Waals surface area contributed by atoms with Crippen LogP contribution in [0.1, 0.15) is 5.69 Å². The molecule has 1 nitrogen and oxygen atoms in total. The number of aromatic nitrogens is 1. The maximum absolute atomic E-state index is 4.06. The topological polar surface area (TPSA) is 12.9 Å². The molecule has 0 bridgehead atoms. The van der Waals surface area contributed by atoms with E-state index in [-0.39, 0.29) is 0 Å². The smallest absolute Gasteiger partial charge is 0.0443 e. The Hall–Kier alpha value is -0.420. The zero-order chi connectivity index (χ0) is 5.98. The van der Waals surface area contributed by atoms with Crippen molar-refractivity contribution in [1.29, 1.82) is 0 Å². The number of hydrogen-bond acceptors (Lipinski definition) is 1.